The minimum absolute atomic E-state index is 0.0457. The molecule has 3 aromatic heterocycles. The van der Waals surface area contributed by atoms with Crippen LogP contribution in [0, 0.1) is 0 Å². The van der Waals surface area contributed by atoms with Crippen molar-refractivity contribution in [3.8, 4) is 11.5 Å². The molecule has 8 nitrogen and oxygen atoms in total. The number of likely N-dealkylation sites (tertiary alicyclic amines) is 1. The normalized spacial score (nSPS) is 20.2. The van der Waals surface area contributed by atoms with Gasteiger partial charge in [-0.1, -0.05) is 5.16 Å². The summed E-state index contributed by atoms with van der Waals surface area (Å²) < 4.78 is 22.1. The van der Waals surface area contributed by atoms with Crippen molar-refractivity contribution in [3.63, 3.8) is 0 Å². The fraction of sp³-hybridized carbons (Fsp3) is 0.312. The molecule has 1 aliphatic rings. The summed E-state index contributed by atoms with van der Waals surface area (Å²) in [6, 6.07) is 3.40. The van der Waals surface area contributed by atoms with Crippen LogP contribution in [-0.2, 0) is 12.7 Å². The molecule has 0 aromatic carbocycles. The molecule has 1 atom stereocenters. The van der Waals surface area contributed by atoms with E-state index in [1.807, 2.05) is 0 Å². The zero-order valence-corrected chi connectivity index (χ0v) is 13.5. The van der Waals surface area contributed by atoms with Gasteiger partial charge in [0.2, 0.25) is 5.82 Å². The average molecular weight is 342 g/mol. The minimum Gasteiger partial charge on any atom is -0.340 e. The number of hydrogen-bond donors (Lipinski definition) is 0. The third-order valence-corrected chi connectivity index (χ3v) is 4.18. The van der Waals surface area contributed by atoms with Gasteiger partial charge >= 0.3 is 0 Å². The lowest BCUT2D eigenvalue weighted by atomic mass is 10.1. The summed E-state index contributed by atoms with van der Waals surface area (Å²) in [7, 11) is 1.77. The zero-order valence-electron chi connectivity index (χ0n) is 13.5. The number of nitrogens with zero attached hydrogens (tertiary/aromatic N) is 6. The Morgan fingerprint density at radius 2 is 2.16 bits per heavy atom. The standard InChI is InChI=1S/C16H15FN6O2/c1-22-8-12(19-10-22)14(24)23-7-4-16(17,9-23)15-20-13(25-21-15)11-2-5-18-6-3-11/h2-3,5-6,8,10H,4,7,9H2,1H3. The number of hydrogen-bond acceptors (Lipinski definition) is 6. The average Bonchev–Trinajstić information content (AvgIpc) is 3.35. The molecule has 4 rings (SSSR count). The smallest absolute Gasteiger partial charge is 0.274 e. The highest BCUT2D eigenvalue weighted by atomic mass is 19.1. The van der Waals surface area contributed by atoms with Crippen molar-refractivity contribution in [2.45, 2.75) is 12.1 Å². The third-order valence-electron chi connectivity index (χ3n) is 4.18. The van der Waals surface area contributed by atoms with Gasteiger partial charge in [-0.2, -0.15) is 4.98 Å². The van der Waals surface area contributed by atoms with Gasteiger partial charge in [-0.05, 0) is 12.1 Å². The van der Waals surface area contributed by atoms with Crippen LogP contribution in [0.2, 0.25) is 0 Å². The molecule has 25 heavy (non-hydrogen) atoms. The highest BCUT2D eigenvalue weighted by Gasteiger charge is 2.46. The molecule has 0 radical (unpaired) electrons. The van der Waals surface area contributed by atoms with E-state index in [9.17, 15) is 4.79 Å². The highest BCUT2D eigenvalue weighted by Crippen LogP contribution is 2.35. The molecule has 0 saturated carbocycles. The maximum atomic E-state index is 15.3. The van der Waals surface area contributed by atoms with Gasteiger partial charge in [-0.25, -0.2) is 9.37 Å². The lowest BCUT2D eigenvalue weighted by Gasteiger charge is -2.17. The number of alkyl halides is 1. The minimum atomic E-state index is -1.83. The molecule has 1 fully saturated rings. The molecule has 1 aliphatic heterocycles. The predicted molar refractivity (Wildman–Crippen MR) is 84.0 cm³/mol. The van der Waals surface area contributed by atoms with Crippen LogP contribution in [0.5, 0.6) is 0 Å². The van der Waals surface area contributed by atoms with Gasteiger partial charge < -0.3 is 14.0 Å². The lowest BCUT2D eigenvalue weighted by molar-refractivity contribution is 0.0737. The Kier molecular flexibility index (Phi) is 3.56. The number of aryl methyl sites for hydroxylation is 1. The molecule has 9 heteroatoms. The molecule has 128 valence electrons. The van der Waals surface area contributed by atoms with Crippen molar-refractivity contribution in [1.82, 2.24) is 29.6 Å². The van der Waals surface area contributed by atoms with Crippen molar-refractivity contribution >= 4 is 5.91 Å². The SMILES string of the molecule is Cn1cnc(C(=O)N2CCC(F)(c3noc(-c4ccncc4)n3)C2)c1. The Hall–Kier alpha value is -3.10. The molecule has 1 unspecified atom stereocenters. The number of imidazole rings is 1. The second-order valence-electron chi connectivity index (χ2n) is 6.03. The molecule has 0 aliphatic carbocycles. The number of amides is 1. The summed E-state index contributed by atoms with van der Waals surface area (Å²) in [5.41, 5.74) is -0.881. The Morgan fingerprint density at radius 3 is 2.88 bits per heavy atom. The van der Waals surface area contributed by atoms with Gasteiger partial charge in [0.1, 0.15) is 5.69 Å². The van der Waals surface area contributed by atoms with E-state index in [-0.39, 0.29) is 42.8 Å². The van der Waals surface area contributed by atoms with E-state index in [1.54, 1.807) is 42.3 Å². The number of aromatic nitrogens is 5. The molecular formula is C16H15FN6O2. The second kappa shape index (κ2) is 5.76. The molecular weight excluding hydrogens is 327 g/mol. The van der Waals surface area contributed by atoms with Gasteiger partial charge in [0.05, 0.1) is 12.9 Å². The van der Waals surface area contributed by atoms with Crippen LogP contribution >= 0.6 is 0 Å². The van der Waals surface area contributed by atoms with E-state index in [2.05, 4.69) is 20.1 Å². The Labute approximate surface area is 142 Å². The summed E-state index contributed by atoms with van der Waals surface area (Å²) >= 11 is 0. The Balaban J connectivity index is 1.54. The molecule has 4 heterocycles. The molecule has 0 N–H and O–H groups in total. The summed E-state index contributed by atoms with van der Waals surface area (Å²) in [5, 5.41) is 3.78. The fourth-order valence-corrected chi connectivity index (χ4v) is 2.83. The van der Waals surface area contributed by atoms with Gasteiger partial charge in [0, 0.05) is 44.2 Å². The molecule has 3 aromatic rings. The molecule has 0 spiro atoms. The Bertz CT molecular complexity index is 908. The van der Waals surface area contributed by atoms with E-state index < -0.39 is 5.67 Å². The van der Waals surface area contributed by atoms with Crippen molar-refractivity contribution in [3.05, 3.63) is 48.6 Å². The Morgan fingerprint density at radius 1 is 1.36 bits per heavy atom. The second-order valence-corrected chi connectivity index (χ2v) is 6.03. The van der Waals surface area contributed by atoms with Gasteiger partial charge in [0.15, 0.2) is 5.67 Å². The predicted octanol–water partition coefficient (Wildman–Crippen LogP) is 1.58. The van der Waals surface area contributed by atoms with Crippen LogP contribution in [0.15, 0.2) is 41.6 Å². The van der Waals surface area contributed by atoms with Gasteiger partial charge in [-0.3, -0.25) is 9.78 Å². The summed E-state index contributed by atoms with van der Waals surface area (Å²) in [6.07, 6.45) is 6.43. The number of carbonyl (C=O) groups is 1. The van der Waals surface area contributed by atoms with Gasteiger partial charge in [-0.15, -0.1) is 0 Å². The lowest BCUT2D eigenvalue weighted by Crippen LogP contribution is -2.33. The van der Waals surface area contributed by atoms with Gasteiger partial charge in [0.25, 0.3) is 11.8 Å². The number of rotatable bonds is 3. The van der Waals surface area contributed by atoms with Crippen molar-refractivity contribution in [2.75, 3.05) is 13.1 Å². The largest absolute Gasteiger partial charge is 0.340 e. The first kappa shape index (κ1) is 15.4. The first-order valence-electron chi connectivity index (χ1n) is 7.76. The van der Waals surface area contributed by atoms with Crippen molar-refractivity contribution < 1.29 is 13.7 Å². The van der Waals surface area contributed by atoms with Crippen LogP contribution in [0.3, 0.4) is 0 Å². The third kappa shape index (κ3) is 2.77. The highest BCUT2D eigenvalue weighted by molar-refractivity contribution is 5.92. The monoisotopic (exact) mass is 342 g/mol. The van der Waals surface area contributed by atoms with Crippen LogP contribution in [0.25, 0.3) is 11.5 Å². The van der Waals surface area contributed by atoms with E-state index in [1.165, 1.54) is 11.2 Å². The maximum Gasteiger partial charge on any atom is 0.274 e. The van der Waals surface area contributed by atoms with Crippen molar-refractivity contribution in [1.29, 1.82) is 0 Å². The summed E-state index contributed by atoms with van der Waals surface area (Å²) in [6.45, 7) is 0.142. The summed E-state index contributed by atoms with van der Waals surface area (Å²) in [4.78, 5) is 25.9. The first-order valence-corrected chi connectivity index (χ1v) is 7.76. The molecule has 0 bridgehead atoms. The fourth-order valence-electron chi connectivity index (χ4n) is 2.83. The van der Waals surface area contributed by atoms with Crippen molar-refractivity contribution in [2.24, 2.45) is 7.05 Å². The first-order chi connectivity index (χ1) is 12.0. The van der Waals surface area contributed by atoms with Crippen LogP contribution in [-0.4, -0.2) is 48.6 Å². The van der Waals surface area contributed by atoms with Crippen LogP contribution < -0.4 is 0 Å². The number of carbonyl (C=O) groups excluding carboxylic acids is 1. The van der Waals surface area contributed by atoms with E-state index in [4.69, 9.17) is 4.52 Å². The summed E-state index contributed by atoms with van der Waals surface area (Å²) in [5.74, 6) is -0.127. The van der Waals surface area contributed by atoms with E-state index in [0.29, 0.717) is 5.56 Å². The van der Waals surface area contributed by atoms with E-state index in [0.717, 1.165) is 0 Å². The molecule has 1 saturated heterocycles. The van der Waals surface area contributed by atoms with E-state index >= 15 is 4.39 Å². The topological polar surface area (TPSA) is 89.9 Å². The zero-order chi connectivity index (χ0) is 17.4. The molecule has 1 amide bonds. The number of pyridine rings is 1. The van der Waals surface area contributed by atoms with Crippen LogP contribution in [0.1, 0.15) is 22.7 Å². The number of halogens is 1. The maximum absolute atomic E-state index is 15.3. The quantitative estimate of drug-likeness (QED) is 0.718. The van der Waals surface area contributed by atoms with Crippen LogP contribution in [0.4, 0.5) is 4.39 Å².